The van der Waals surface area contributed by atoms with Gasteiger partial charge in [0.25, 0.3) is 0 Å². The average molecular weight is 286 g/mol. The Labute approximate surface area is 121 Å². The molecule has 1 heterocycles. The number of methoxy groups -OCH3 is 2. The summed E-state index contributed by atoms with van der Waals surface area (Å²) in [7, 11) is 3.15. The summed E-state index contributed by atoms with van der Waals surface area (Å²) < 4.78 is 9.98. The topological polar surface area (TPSA) is 59.1 Å². The van der Waals surface area contributed by atoms with Crippen molar-refractivity contribution in [2.24, 2.45) is 0 Å². The quantitative estimate of drug-likeness (QED) is 0.668. The molecule has 1 unspecified atom stereocenters. The molecule has 1 rings (SSSR count). The minimum atomic E-state index is -0.451. The molecule has 2 amide bonds. The summed E-state index contributed by atoms with van der Waals surface area (Å²) in [4.78, 5) is 27.9. The lowest BCUT2D eigenvalue weighted by Crippen LogP contribution is -2.51. The first kappa shape index (κ1) is 16.9. The maximum atomic E-state index is 12.3. The van der Waals surface area contributed by atoms with Crippen molar-refractivity contribution in [2.75, 3.05) is 47.1 Å². The van der Waals surface area contributed by atoms with E-state index in [0.717, 1.165) is 19.3 Å². The van der Waals surface area contributed by atoms with E-state index in [-0.39, 0.29) is 6.04 Å². The molecule has 1 aliphatic heterocycles. The molecule has 1 aliphatic rings. The summed E-state index contributed by atoms with van der Waals surface area (Å²) in [6.07, 6.45) is 3.06. The first-order chi connectivity index (χ1) is 9.61. The van der Waals surface area contributed by atoms with E-state index < -0.39 is 11.8 Å². The van der Waals surface area contributed by atoms with Gasteiger partial charge in [0.15, 0.2) is 0 Å². The molecule has 1 fully saturated rings. The molecule has 0 aliphatic carbocycles. The van der Waals surface area contributed by atoms with Gasteiger partial charge >= 0.3 is 11.8 Å². The highest BCUT2D eigenvalue weighted by atomic mass is 16.5. The van der Waals surface area contributed by atoms with E-state index in [1.54, 1.807) is 19.1 Å². The Morgan fingerprint density at radius 2 is 1.75 bits per heavy atom. The summed E-state index contributed by atoms with van der Waals surface area (Å²) in [5.74, 6) is -0.850. The van der Waals surface area contributed by atoms with Crippen LogP contribution in [-0.2, 0) is 19.1 Å². The molecular weight excluding hydrogens is 260 g/mol. The van der Waals surface area contributed by atoms with Crippen molar-refractivity contribution < 1.29 is 19.1 Å². The standard InChI is InChI=1S/C14H26N2O4/c1-12-6-4-5-7-16(12)14(18)13(17)15(8-10-19-2)9-11-20-3/h12H,4-11H2,1-3H3. The molecule has 6 nitrogen and oxygen atoms in total. The Morgan fingerprint density at radius 3 is 2.25 bits per heavy atom. The number of piperidine rings is 1. The molecule has 1 atom stereocenters. The normalized spacial score (nSPS) is 18.9. The second-order valence-corrected chi connectivity index (χ2v) is 5.12. The van der Waals surface area contributed by atoms with Crippen molar-refractivity contribution in [3.63, 3.8) is 0 Å². The summed E-state index contributed by atoms with van der Waals surface area (Å²) in [5, 5.41) is 0. The molecule has 6 heteroatoms. The van der Waals surface area contributed by atoms with Crippen LogP contribution in [-0.4, -0.2) is 74.7 Å². The fourth-order valence-corrected chi connectivity index (χ4v) is 2.38. The van der Waals surface area contributed by atoms with Gasteiger partial charge in [-0.1, -0.05) is 0 Å². The van der Waals surface area contributed by atoms with Gasteiger partial charge in [0.1, 0.15) is 0 Å². The van der Waals surface area contributed by atoms with Gasteiger partial charge in [-0.3, -0.25) is 9.59 Å². The van der Waals surface area contributed by atoms with E-state index in [4.69, 9.17) is 9.47 Å². The third-order valence-corrected chi connectivity index (χ3v) is 3.66. The third-order valence-electron chi connectivity index (χ3n) is 3.66. The Hall–Kier alpha value is -1.14. The zero-order valence-corrected chi connectivity index (χ0v) is 12.8. The largest absolute Gasteiger partial charge is 0.383 e. The summed E-state index contributed by atoms with van der Waals surface area (Å²) in [6, 6.07) is 0.145. The van der Waals surface area contributed by atoms with Crippen LogP contribution < -0.4 is 0 Å². The number of carbonyl (C=O) groups is 2. The van der Waals surface area contributed by atoms with E-state index in [9.17, 15) is 9.59 Å². The van der Waals surface area contributed by atoms with Gasteiger partial charge in [0.05, 0.1) is 13.2 Å². The van der Waals surface area contributed by atoms with E-state index in [0.29, 0.717) is 32.8 Å². The molecule has 0 spiro atoms. The SMILES string of the molecule is COCCN(CCOC)C(=O)C(=O)N1CCCCC1C. The van der Waals surface area contributed by atoms with Crippen molar-refractivity contribution in [1.29, 1.82) is 0 Å². The van der Waals surface area contributed by atoms with Gasteiger partial charge in [-0.15, -0.1) is 0 Å². The first-order valence-electron chi connectivity index (χ1n) is 7.19. The molecule has 0 bridgehead atoms. The van der Waals surface area contributed by atoms with Gasteiger partial charge in [0.2, 0.25) is 0 Å². The molecule has 0 N–H and O–H groups in total. The molecular formula is C14H26N2O4. The van der Waals surface area contributed by atoms with Crippen LogP contribution in [0.4, 0.5) is 0 Å². The summed E-state index contributed by atoms with van der Waals surface area (Å²) >= 11 is 0. The number of likely N-dealkylation sites (tertiary alicyclic amines) is 1. The van der Waals surface area contributed by atoms with Crippen molar-refractivity contribution in [2.45, 2.75) is 32.2 Å². The fourth-order valence-electron chi connectivity index (χ4n) is 2.38. The second-order valence-electron chi connectivity index (χ2n) is 5.12. The number of rotatable bonds is 6. The van der Waals surface area contributed by atoms with Crippen LogP contribution in [0.2, 0.25) is 0 Å². The lowest BCUT2D eigenvalue weighted by Gasteiger charge is -2.34. The highest BCUT2D eigenvalue weighted by molar-refractivity contribution is 6.35. The number of carbonyl (C=O) groups excluding carboxylic acids is 2. The number of hydrogen-bond acceptors (Lipinski definition) is 4. The molecule has 116 valence electrons. The van der Waals surface area contributed by atoms with E-state index in [2.05, 4.69) is 0 Å². The number of amides is 2. The van der Waals surface area contributed by atoms with Gasteiger partial charge in [-0.2, -0.15) is 0 Å². The smallest absolute Gasteiger partial charge is 0.312 e. The molecule has 1 saturated heterocycles. The maximum absolute atomic E-state index is 12.3. The van der Waals surface area contributed by atoms with Crippen LogP contribution in [0.1, 0.15) is 26.2 Å². The number of nitrogens with zero attached hydrogens (tertiary/aromatic N) is 2. The van der Waals surface area contributed by atoms with Crippen molar-refractivity contribution in [3.8, 4) is 0 Å². The van der Waals surface area contributed by atoms with Crippen molar-refractivity contribution in [3.05, 3.63) is 0 Å². The second kappa shape index (κ2) is 8.92. The Bertz CT molecular complexity index is 314. The first-order valence-corrected chi connectivity index (χ1v) is 7.19. The highest BCUT2D eigenvalue weighted by Crippen LogP contribution is 2.17. The van der Waals surface area contributed by atoms with Crippen molar-refractivity contribution in [1.82, 2.24) is 9.80 Å². The Morgan fingerprint density at radius 1 is 1.15 bits per heavy atom. The molecule has 0 aromatic carbocycles. The predicted molar refractivity (Wildman–Crippen MR) is 75.4 cm³/mol. The third kappa shape index (κ3) is 4.76. The molecule has 0 saturated carbocycles. The molecule has 0 radical (unpaired) electrons. The van der Waals surface area contributed by atoms with E-state index in [1.165, 1.54) is 4.90 Å². The predicted octanol–water partition coefficient (Wildman–Crippen LogP) is 0.509. The van der Waals surface area contributed by atoms with Crippen LogP contribution >= 0.6 is 0 Å². The minimum Gasteiger partial charge on any atom is -0.383 e. The summed E-state index contributed by atoms with van der Waals surface area (Å²) in [5.41, 5.74) is 0. The minimum absolute atomic E-state index is 0.145. The van der Waals surface area contributed by atoms with E-state index in [1.807, 2.05) is 6.92 Å². The van der Waals surface area contributed by atoms with Gasteiger partial charge in [-0.05, 0) is 26.2 Å². The zero-order chi connectivity index (χ0) is 15.0. The van der Waals surface area contributed by atoms with Crippen LogP contribution in [0, 0.1) is 0 Å². The van der Waals surface area contributed by atoms with Crippen molar-refractivity contribution >= 4 is 11.8 Å². The van der Waals surface area contributed by atoms with Gasteiger partial charge in [0, 0.05) is 39.9 Å². The fraction of sp³-hybridized carbons (Fsp3) is 0.857. The van der Waals surface area contributed by atoms with Crippen LogP contribution in [0.15, 0.2) is 0 Å². The van der Waals surface area contributed by atoms with E-state index >= 15 is 0 Å². The Balaban J connectivity index is 2.63. The number of hydrogen-bond donors (Lipinski definition) is 0. The highest BCUT2D eigenvalue weighted by Gasteiger charge is 2.31. The average Bonchev–Trinajstić information content (AvgIpc) is 2.46. The lowest BCUT2D eigenvalue weighted by molar-refractivity contribution is -0.154. The van der Waals surface area contributed by atoms with Gasteiger partial charge in [-0.25, -0.2) is 0 Å². The van der Waals surface area contributed by atoms with Crippen LogP contribution in [0.25, 0.3) is 0 Å². The molecule has 0 aromatic heterocycles. The lowest BCUT2D eigenvalue weighted by atomic mass is 10.0. The Kier molecular flexibility index (Phi) is 7.54. The zero-order valence-electron chi connectivity index (χ0n) is 12.8. The van der Waals surface area contributed by atoms with Crippen LogP contribution in [0.3, 0.4) is 0 Å². The van der Waals surface area contributed by atoms with Crippen LogP contribution in [0.5, 0.6) is 0 Å². The summed E-state index contributed by atoms with van der Waals surface area (Å²) in [6.45, 7) is 4.32. The number of ether oxygens (including phenoxy) is 2. The monoisotopic (exact) mass is 286 g/mol. The molecule has 0 aromatic rings. The molecule has 20 heavy (non-hydrogen) atoms. The maximum Gasteiger partial charge on any atom is 0.312 e. The van der Waals surface area contributed by atoms with Gasteiger partial charge < -0.3 is 19.3 Å².